The Hall–Kier alpha value is -3.24. The van der Waals surface area contributed by atoms with Crippen LogP contribution in [0.3, 0.4) is 0 Å². The topological polar surface area (TPSA) is 128 Å². The van der Waals surface area contributed by atoms with Crippen molar-refractivity contribution >= 4 is 33.2 Å². The molecule has 11 heteroatoms. The van der Waals surface area contributed by atoms with Crippen molar-refractivity contribution in [2.45, 2.75) is 42.7 Å². The highest BCUT2D eigenvalue weighted by Gasteiger charge is 2.40. The average Bonchev–Trinajstić information content (AvgIpc) is 3.06. The molecule has 1 aliphatic rings. The van der Waals surface area contributed by atoms with Gasteiger partial charge in [-0.05, 0) is 44.4 Å². The lowest BCUT2D eigenvalue weighted by Gasteiger charge is -2.33. The Labute approximate surface area is 202 Å². The molecule has 2 N–H and O–H groups in total. The maximum absolute atomic E-state index is 13.6. The Morgan fingerprint density at radius 3 is 2.56 bits per heavy atom. The molecule has 4 heterocycles. The van der Waals surface area contributed by atoms with Crippen molar-refractivity contribution in [3.05, 3.63) is 59.4 Å². The number of nitrogens with two attached hydrogens (primary N) is 1. The second-order valence-corrected chi connectivity index (χ2v) is 11.1. The van der Waals surface area contributed by atoms with E-state index in [-0.39, 0.29) is 38.6 Å². The second kappa shape index (κ2) is 8.84. The fourth-order valence-electron chi connectivity index (χ4n) is 4.30. The number of ether oxygens (including phenoxy) is 1. The van der Waals surface area contributed by atoms with Crippen LogP contribution in [0.4, 0.5) is 5.82 Å². The number of nitrogens with zero attached hydrogens (tertiary/aromatic N) is 4. The molecule has 3 aromatic rings. The van der Waals surface area contributed by atoms with Gasteiger partial charge in [-0.15, -0.1) is 0 Å². The van der Waals surface area contributed by atoms with Crippen LogP contribution in [0, 0.1) is 5.92 Å². The third kappa shape index (κ3) is 4.55. The highest BCUT2D eigenvalue weighted by atomic mass is 35.5. The van der Waals surface area contributed by atoms with Gasteiger partial charge in [0, 0.05) is 36.6 Å². The van der Waals surface area contributed by atoms with E-state index in [1.54, 1.807) is 6.07 Å². The van der Waals surface area contributed by atoms with Crippen molar-refractivity contribution in [2.75, 3.05) is 11.4 Å². The maximum Gasteiger partial charge on any atom is 0.253 e. The number of pyridine rings is 3. The number of hydrogen-bond acceptors (Lipinski definition) is 8. The van der Waals surface area contributed by atoms with E-state index in [0.717, 1.165) is 6.42 Å². The van der Waals surface area contributed by atoms with Crippen molar-refractivity contribution in [2.24, 2.45) is 11.7 Å². The van der Waals surface area contributed by atoms with Crippen molar-refractivity contribution in [3.63, 3.8) is 0 Å². The largest absolute Gasteiger partial charge is 0.421 e. The van der Waals surface area contributed by atoms with Gasteiger partial charge in [-0.25, -0.2) is 23.4 Å². The molecule has 0 bridgehead atoms. The van der Waals surface area contributed by atoms with E-state index in [9.17, 15) is 13.2 Å². The van der Waals surface area contributed by atoms with Crippen LogP contribution in [-0.4, -0.2) is 41.4 Å². The number of carbonyl (C=O) groups is 1. The molecule has 4 rings (SSSR count). The molecule has 0 saturated carbocycles. The zero-order chi connectivity index (χ0) is 24.7. The van der Waals surface area contributed by atoms with Crippen LogP contribution in [-0.2, 0) is 9.84 Å². The summed E-state index contributed by atoms with van der Waals surface area (Å²) in [5.41, 5.74) is 5.21. The number of anilines is 1. The lowest BCUT2D eigenvalue weighted by Crippen LogP contribution is -2.40. The van der Waals surface area contributed by atoms with Gasteiger partial charge in [0.1, 0.15) is 11.4 Å². The molecule has 0 spiro atoms. The minimum absolute atomic E-state index is 0.0142. The van der Waals surface area contributed by atoms with Crippen LogP contribution in [0.15, 0.2) is 58.7 Å². The van der Waals surface area contributed by atoms with Crippen LogP contribution >= 0.6 is 11.6 Å². The van der Waals surface area contributed by atoms with E-state index < -0.39 is 15.7 Å². The van der Waals surface area contributed by atoms with Gasteiger partial charge >= 0.3 is 0 Å². The van der Waals surface area contributed by atoms with Gasteiger partial charge in [0.25, 0.3) is 5.91 Å². The number of primary amides is 1. The van der Waals surface area contributed by atoms with Crippen molar-refractivity contribution < 1.29 is 17.9 Å². The van der Waals surface area contributed by atoms with Crippen LogP contribution in [0.5, 0.6) is 11.8 Å². The van der Waals surface area contributed by atoms with E-state index in [2.05, 4.69) is 21.9 Å². The molecule has 1 unspecified atom stereocenters. The van der Waals surface area contributed by atoms with Crippen molar-refractivity contribution in [3.8, 4) is 11.8 Å². The van der Waals surface area contributed by atoms with E-state index in [1.807, 2.05) is 18.7 Å². The van der Waals surface area contributed by atoms with E-state index in [1.165, 1.54) is 42.7 Å². The number of hydrogen-bond donors (Lipinski definition) is 1. The Morgan fingerprint density at radius 1 is 1.18 bits per heavy atom. The number of carbonyl (C=O) groups excluding carboxylic acids is 1. The Kier molecular flexibility index (Phi) is 6.22. The first-order valence-electron chi connectivity index (χ1n) is 10.6. The quantitative estimate of drug-likeness (QED) is 0.538. The third-order valence-electron chi connectivity index (χ3n) is 5.64. The summed E-state index contributed by atoms with van der Waals surface area (Å²) in [6.45, 7) is 6.77. The van der Waals surface area contributed by atoms with Crippen molar-refractivity contribution in [1.82, 2.24) is 15.0 Å². The molecule has 1 fully saturated rings. The van der Waals surface area contributed by atoms with Gasteiger partial charge in [0.05, 0.1) is 9.92 Å². The van der Waals surface area contributed by atoms with Gasteiger partial charge in [-0.2, -0.15) is 0 Å². The first-order chi connectivity index (χ1) is 16.0. The van der Waals surface area contributed by atoms with Crippen LogP contribution in [0.25, 0.3) is 0 Å². The summed E-state index contributed by atoms with van der Waals surface area (Å²) in [5.74, 6) is -0.0774. The predicted molar refractivity (Wildman–Crippen MR) is 127 cm³/mol. The minimum atomic E-state index is -4.24. The van der Waals surface area contributed by atoms with Gasteiger partial charge in [0.2, 0.25) is 21.6 Å². The lowest BCUT2D eigenvalue weighted by atomic mass is 9.97. The zero-order valence-corrected chi connectivity index (χ0v) is 20.5. The molecule has 3 aromatic heterocycles. The molecule has 0 aromatic carbocycles. The summed E-state index contributed by atoms with van der Waals surface area (Å²) < 4.78 is 32.8. The normalized spacial score (nSPS) is 17.5. The van der Waals surface area contributed by atoms with Gasteiger partial charge < -0.3 is 15.4 Å². The van der Waals surface area contributed by atoms with Crippen LogP contribution in [0.2, 0.25) is 5.02 Å². The number of aromatic nitrogens is 3. The molecule has 34 heavy (non-hydrogen) atoms. The smallest absolute Gasteiger partial charge is 0.253 e. The summed E-state index contributed by atoms with van der Waals surface area (Å²) >= 11 is 5.83. The number of amides is 1. The first kappa shape index (κ1) is 23.9. The molecule has 178 valence electrons. The fraction of sp³-hybridized carbons (Fsp3) is 0.304. The number of rotatable bonds is 6. The highest BCUT2D eigenvalue weighted by molar-refractivity contribution is 7.91. The molecule has 0 radical (unpaired) electrons. The predicted octanol–water partition coefficient (Wildman–Crippen LogP) is 3.87. The van der Waals surface area contributed by atoms with Gasteiger partial charge in [0.15, 0.2) is 5.03 Å². The van der Waals surface area contributed by atoms with E-state index in [0.29, 0.717) is 17.5 Å². The summed E-state index contributed by atoms with van der Waals surface area (Å²) in [5, 5.41) is 0.132. The summed E-state index contributed by atoms with van der Waals surface area (Å²) in [4.78, 5) is 26.7. The molecule has 0 aliphatic carbocycles. The zero-order valence-electron chi connectivity index (χ0n) is 18.9. The minimum Gasteiger partial charge on any atom is -0.421 e. The second-order valence-electron chi connectivity index (χ2n) is 8.84. The van der Waals surface area contributed by atoms with Crippen molar-refractivity contribution in [1.29, 1.82) is 0 Å². The van der Waals surface area contributed by atoms with E-state index in [4.69, 9.17) is 22.1 Å². The number of sulfone groups is 1. The molecule has 1 amide bonds. The Bertz CT molecular complexity index is 1350. The first-order valence-corrected chi connectivity index (χ1v) is 12.4. The maximum atomic E-state index is 13.6. The Morgan fingerprint density at radius 2 is 1.94 bits per heavy atom. The summed E-state index contributed by atoms with van der Waals surface area (Å²) in [6.07, 6.45) is 3.63. The summed E-state index contributed by atoms with van der Waals surface area (Å²) in [7, 11) is -4.24. The third-order valence-corrected chi connectivity index (χ3v) is 7.56. The monoisotopic (exact) mass is 501 g/mol. The fourth-order valence-corrected chi connectivity index (χ4v) is 5.80. The molecular weight excluding hydrogens is 478 g/mol. The molecule has 1 atom stereocenters. The van der Waals surface area contributed by atoms with E-state index >= 15 is 0 Å². The molecule has 1 saturated heterocycles. The SMILES string of the molecule is CC1CN(c2nccc(S(=O)(=O)c3cccc(Oc4ccc(Cl)cn4)n3)c2C(N)=O)C(C)(C)C1. The number of halogens is 1. The van der Waals surface area contributed by atoms with Crippen LogP contribution in [0.1, 0.15) is 37.6 Å². The van der Waals surface area contributed by atoms with Crippen LogP contribution < -0.4 is 15.4 Å². The highest BCUT2D eigenvalue weighted by Crippen LogP contribution is 2.39. The molecule has 9 nitrogen and oxygen atoms in total. The molecule has 1 aliphatic heterocycles. The average molecular weight is 502 g/mol. The summed E-state index contributed by atoms with van der Waals surface area (Å²) in [6, 6.07) is 8.69. The standard InChI is InChI=1S/C23H24ClN5O4S/c1-14-11-23(2,3)29(13-14)22-20(21(25)30)16(9-10-26-22)34(31,32)19-6-4-5-18(28-19)33-17-8-7-15(24)12-27-17/h4-10,12,14H,11,13H2,1-3H3,(H2,25,30). The molecular formula is C23H24ClN5O4S. The lowest BCUT2D eigenvalue weighted by molar-refractivity contribution is 0.0997. The Balaban J connectivity index is 1.77. The van der Waals surface area contributed by atoms with Gasteiger partial charge in [-0.1, -0.05) is 24.6 Å². The van der Waals surface area contributed by atoms with Gasteiger partial charge in [-0.3, -0.25) is 4.79 Å².